The number of carboxylic acids is 1. The molecule has 2 saturated heterocycles. The summed E-state index contributed by atoms with van der Waals surface area (Å²) >= 11 is 0. The summed E-state index contributed by atoms with van der Waals surface area (Å²) in [5, 5.41) is 42.9. The van der Waals surface area contributed by atoms with Crippen LogP contribution in [0.2, 0.25) is 0 Å². The topological polar surface area (TPSA) is 377 Å². The molecule has 10 bridgehead atoms. The molecule has 6 aromatic carbocycles. The highest BCUT2D eigenvalue weighted by Gasteiger charge is 2.49. The summed E-state index contributed by atoms with van der Waals surface area (Å²) in [7, 11) is -0.932. The molecule has 1 aliphatic carbocycles. The number of likely N-dealkylation sites (tertiary alicyclic amines) is 2. The average molecular weight is 1580 g/mol. The Bertz CT molecular complexity index is 4840. The SMILES string of the molecule is CN[C@@H](C)C(=O)N[C@H](C(=O)N1C[C@@H]2C[C@H]1C(=O)N[C@@H](Cc1ccc3ccccc3c1)C(=O)C[C@H](C(=O)O)Cc1ccc(cc1)OC/C=C/C[C@H]1C[C@@H](C(=O)N[C@@H](Cc3ccc4ccccc4c3)C(=O)N[C@H](C(=O)NS(=O)(=O)C3CC3)Cc3ccc(cc3)OCc3cn2nn3)N(C(=O)[C@@H](NC(=O)[C@H](C)NC)C(C)(C)C)C1)C(C)(C)C. The number of amides is 8. The van der Waals surface area contributed by atoms with Gasteiger partial charge in [0.2, 0.25) is 51.4 Å². The van der Waals surface area contributed by atoms with Crippen molar-refractivity contribution in [3.05, 3.63) is 180 Å². The first-order valence-electron chi connectivity index (χ1n) is 38.9. The van der Waals surface area contributed by atoms with Gasteiger partial charge in [0, 0.05) is 38.8 Å². The van der Waals surface area contributed by atoms with Crippen LogP contribution >= 0.6 is 0 Å². The van der Waals surface area contributed by atoms with Crippen molar-refractivity contribution >= 4 is 90.6 Å². The van der Waals surface area contributed by atoms with Crippen molar-refractivity contribution in [2.24, 2.45) is 22.7 Å². The first kappa shape index (κ1) is 84.0. The molecule has 29 heteroatoms. The van der Waals surface area contributed by atoms with E-state index in [9.17, 15) is 32.7 Å². The van der Waals surface area contributed by atoms with Crippen LogP contribution in [-0.2, 0) is 90.3 Å². The number of carboxylic acid groups (broad SMARTS) is 1. The van der Waals surface area contributed by atoms with Crippen LogP contribution in [-0.4, -0.2) is 191 Å². The fourth-order valence-electron chi connectivity index (χ4n) is 14.7. The minimum Gasteiger partial charge on any atom is -0.490 e. The maximum atomic E-state index is 15.4. The van der Waals surface area contributed by atoms with Crippen molar-refractivity contribution in [2.75, 3.05) is 33.8 Å². The number of ketones is 1. The van der Waals surface area contributed by atoms with Crippen LogP contribution in [0.5, 0.6) is 11.5 Å². The predicted octanol–water partition coefficient (Wildman–Crippen LogP) is 6.13. The number of aromatic nitrogens is 3. The average Bonchev–Trinajstić information content (AvgIpc) is 1.59. The third-order valence-electron chi connectivity index (χ3n) is 21.8. The standard InChI is InChI=1S/C85H105N13O15S/c1-50(86-9)75(100)91-73(84(3,4)5)81(106)96-46-56-17-15-16-36-112-64-30-24-52(25-31-64)37-61(83(108)109)44-72(99)67(41-54-22-28-57-18-11-13-20-59(57)38-54)88-80(105)71-45-63(48-97(71)82(107)74(85(6,7)8)92-76(101)51(2)87-10)98-47-62(93-95-98)49-113-65-32-26-53(27-33-65)40-69(78(103)94-114(110,111)66-34-35-66)89-77(102)68(90-79(104)70(96)43-56)42-55-23-29-58-19-12-14-21-60(58)39-55/h11-16,18-33,38-39,47,50-51,56,61,63,66-71,73-74,86-87H,17,34-37,40-46,48-49H2,1-10H3,(H,88,105)(H,89,102)(H,90,104)(H,91,100)(H,92,101)(H,94,103)(H,108,109)/b16-15+/t50-,51-,56-,61+,63-,67-,68-,69-,70-,71-,73+,74+/m0/s1. The van der Waals surface area contributed by atoms with E-state index in [0.717, 1.165) is 21.5 Å². The third-order valence-corrected chi connectivity index (χ3v) is 23.7. The van der Waals surface area contributed by atoms with Gasteiger partial charge in [-0.1, -0.05) is 168 Å². The molecule has 114 heavy (non-hydrogen) atoms. The van der Waals surface area contributed by atoms with Gasteiger partial charge in [-0.2, -0.15) is 0 Å². The van der Waals surface area contributed by atoms with Crippen molar-refractivity contribution in [3.63, 3.8) is 0 Å². The number of ether oxygens (including phenoxy) is 2. The van der Waals surface area contributed by atoms with Gasteiger partial charge in [0.05, 0.1) is 41.5 Å². The second-order valence-electron chi connectivity index (χ2n) is 32.7. The van der Waals surface area contributed by atoms with E-state index in [1.165, 1.54) is 14.5 Å². The van der Waals surface area contributed by atoms with Crippen molar-refractivity contribution in [1.82, 2.24) is 66.7 Å². The Balaban J connectivity index is 0.928. The molecule has 6 aliphatic heterocycles. The number of hydrogen-bond donors (Lipinski definition) is 9. The van der Waals surface area contributed by atoms with E-state index in [1.807, 2.05) is 91.0 Å². The van der Waals surface area contributed by atoms with Crippen molar-refractivity contribution in [2.45, 2.75) is 192 Å². The summed E-state index contributed by atoms with van der Waals surface area (Å²) in [5.74, 6) is -7.85. The molecule has 7 aliphatic rings. The number of likely N-dealkylation sites (N-methyl/N-ethyl adjacent to an activating group) is 2. The van der Waals surface area contributed by atoms with Crippen LogP contribution in [0.4, 0.5) is 0 Å². The fraction of sp³-hybridized carbons (Fsp3) is 0.459. The van der Waals surface area contributed by atoms with Crippen molar-refractivity contribution < 1.29 is 70.9 Å². The van der Waals surface area contributed by atoms with Crippen molar-refractivity contribution in [1.29, 1.82) is 0 Å². The molecule has 1 saturated carbocycles. The molecule has 606 valence electrons. The van der Waals surface area contributed by atoms with Gasteiger partial charge in [-0.05, 0) is 151 Å². The molecule has 7 aromatic rings. The third kappa shape index (κ3) is 21.5. The number of carbonyl (C=O) groups excluding carboxylic acids is 9. The van der Waals surface area contributed by atoms with Crippen LogP contribution in [0.25, 0.3) is 21.5 Å². The first-order valence-corrected chi connectivity index (χ1v) is 40.5. The highest BCUT2D eigenvalue weighted by atomic mass is 32.2. The number of hydrogen-bond acceptors (Lipinski definition) is 18. The van der Waals surface area contributed by atoms with Crippen LogP contribution in [0.15, 0.2) is 152 Å². The molecule has 8 amide bonds. The van der Waals surface area contributed by atoms with E-state index in [1.54, 1.807) is 130 Å². The number of rotatable bonds is 16. The van der Waals surface area contributed by atoms with E-state index < -0.39 is 158 Å². The van der Waals surface area contributed by atoms with Gasteiger partial charge >= 0.3 is 5.97 Å². The van der Waals surface area contributed by atoms with Crippen LogP contribution < -0.4 is 51.4 Å². The minimum absolute atomic E-state index is 0.0307. The fourth-order valence-corrected chi connectivity index (χ4v) is 16.0. The summed E-state index contributed by atoms with van der Waals surface area (Å²) in [6.45, 7) is 14.0. The lowest BCUT2D eigenvalue weighted by Gasteiger charge is -2.36. The van der Waals surface area contributed by atoms with E-state index in [0.29, 0.717) is 58.7 Å². The lowest BCUT2D eigenvalue weighted by Crippen LogP contribution is -2.61. The number of allylic oxidation sites excluding steroid dienone is 1. The summed E-state index contributed by atoms with van der Waals surface area (Å²) in [4.78, 5) is 149. The molecule has 0 radical (unpaired) electrons. The summed E-state index contributed by atoms with van der Waals surface area (Å²) in [5.41, 5.74) is 0.940. The molecule has 0 spiro atoms. The van der Waals surface area contributed by atoms with Gasteiger partial charge in [0.15, 0.2) is 5.78 Å². The molecule has 1 aromatic heterocycles. The number of benzene rings is 6. The Hall–Kier alpha value is -10.9. The van der Waals surface area contributed by atoms with Gasteiger partial charge in [-0.3, -0.25) is 52.7 Å². The van der Waals surface area contributed by atoms with E-state index >= 15 is 28.8 Å². The highest BCUT2D eigenvalue weighted by molar-refractivity contribution is 7.91. The van der Waals surface area contributed by atoms with Gasteiger partial charge in [-0.25, -0.2) is 13.1 Å². The second-order valence-corrected chi connectivity index (χ2v) is 34.7. The number of Topliss-reactive ketones (excluding diaryl/α,β-unsaturated/α-hetero) is 1. The predicted molar refractivity (Wildman–Crippen MR) is 428 cm³/mol. The Morgan fingerprint density at radius 1 is 0.596 bits per heavy atom. The van der Waals surface area contributed by atoms with E-state index in [4.69, 9.17) is 9.47 Å². The molecular weight excluding hydrogens is 1480 g/mol. The second kappa shape index (κ2) is 36.5. The minimum atomic E-state index is -4.16. The van der Waals surface area contributed by atoms with Crippen molar-refractivity contribution in [3.8, 4) is 11.5 Å². The zero-order valence-corrected chi connectivity index (χ0v) is 67.0. The maximum Gasteiger partial charge on any atom is 0.307 e. The molecule has 28 nitrogen and oxygen atoms in total. The van der Waals surface area contributed by atoms with Gasteiger partial charge < -0.3 is 61.6 Å². The number of nitrogens with one attached hydrogen (secondary N) is 8. The zero-order valence-electron chi connectivity index (χ0n) is 66.1. The largest absolute Gasteiger partial charge is 0.490 e. The number of fused-ring (bicyclic) bond motifs is 2. The Morgan fingerprint density at radius 3 is 1.64 bits per heavy atom. The summed E-state index contributed by atoms with van der Waals surface area (Å²) < 4.78 is 43.2. The number of sulfonamides is 1. The Kier molecular flexibility index (Phi) is 26.9. The normalized spacial score (nSPS) is 22.6. The molecular formula is C85H105N13O15S. The molecule has 7 heterocycles. The number of carbonyl (C=O) groups is 10. The van der Waals surface area contributed by atoms with Gasteiger partial charge in [0.25, 0.3) is 5.91 Å². The maximum absolute atomic E-state index is 15.4. The number of aliphatic carboxylic acids is 1. The summed E-state index contributed by atoms with van der Waals surface area (Å²) in [6, 6.07) is 28.7. The molecule has 9 N–H and O–H groups in total. The first-order chi connectivity index (χ1) is 54.2. The monoisotopic (exact) mass is 1580 g/mol. The highest BCUT2D eigenvalue weighted by Crippen LogP contribution is 2.35. The van der Waals surface area contributed by atoms with Gasteiger partial charge in [0.1, 0.15) is 66.7 Å². The van der Waals surface area contributed by atoms with Gasteiger partial charge in [-0.15, -0.1) is 5.10 Å². The quantitative estimate of drug-likeness (QED) is 0.0491. The Morgan fingerprint density at radius 2 is 1.11 bits per heavy atom. The molecule has 12 atom stereocenters. The Labute approximate surface area is 664 Å². The van der Waals surface area contributed by atoms with E-state index in [-0.39, 0.29) is 70.7 Å². The van der Waals surface area contributed by atoms with Crippen LogP contribution in [0, 0.1) is 22.7 Å². The van der Waals surface area contributed by atoms with Crippen LogP contribution in [0.1, 0.15) is 128 Å². The zero-order chi connectivity index (χ0) is 81.9. The lowest BCUT2D eigenvalue weighted by atomic mass is 9.85. The van der Waals surface area contributed by atoms with E-state index in [2.05, 4.69) is 52.3 Å². The van der Waals surface area contributed by atoms with Crippen LogP contribution in [0.3, 0.4) is 0 Å². The smallest absolute Gasteiger partial charge is 0.307 e. The molecule has 0 unspecified atom stereocenters. The molecule has 14 rings (SSSR count). The lowest BCUT2D eigenvalue weighted by molar-refractivity contribution is -0.145. The molecule has 3 fully saturated rings. The summed E-state index contributed by atoms with van der Waals surface area (Å²) in [6.07, 6.45) is 5.46. The number of nitrogens with zero attached hydrogens (tertiary/aromatic N) is 5.